The number of hydrogen-bond donors (Lipinski definition) is 1. The van der Waals surface area contributed by atoms with Crippen molar-refractivity contribution >= 4 is 9.48 Å². The van der Waals surface area contributed by atoms with Crippen LogP contribution in [0.5, 0.6) is 0 Å². The Morgan fingerprint density at radius 1 is 1.50 bits per heavy atom. The normalized spacial score (nSPS) is 10.2. The number of carbonyl (C=O) groups excluding carboxylic acids is 1. The summed E-state index contributed by atoms with van der Waals surface area (Å²) >= 11 is -0.481. The molecule has 0 spiro atoms. The molecule has 0 radical (unpaired) electrons. The number of rotatable bonds is 2. The average Bonchev–Trinajstić information content (AvgIpc) is 1.96. The molecule has 1 aromatic carbocycles. The first kappa shape index (κ1) is 9.51. The van der Waals surface area contributed by atoms with Crippen LogP contribution in [0.25, 0.3) is 0 Å². The monoisotopic (exact) mass is 276 g/mol. The van der Waals surface area contributed by atoms with Gasteiger partial charge in [-0.2, -0.15) is 0 Å². The molecule has 2 nitrogen and oxygen atoms in total. The Kier molecular flexibility index (Phi) is 3.08. The van der Waals surface area contributed by atoms with Gasteiger partial charge in [0, 0.05) is 0 Å². The van der Waals surface area contributed by atoms with Crippen LogP contribution in [0, 0.1) is 10.5 Å². The average molecular weight is 276 g/mol. The van der Waals surface area contributed by atoms with Crippen molar-refractivity contribution in [2.24, 2.45) is 0 Å². The van der Waals surface area contributed by atoms with Gasteiger partial charge in [0.15, 0.2) is 0 Å². The van der Waals surface area contributed by atoms with Crippen molar-refractivity contribution in [1.29, 1.82) is 0 Å². The van der Waals surface area contributed by atoms with Gasteiger partial charge >= 0.3 is 82.4 Å². The molecule has 0 aliphatic rings. The van der Waals surface area contributed by atoms with E-state index in [9.17, 15) is 4.79 Å². The SMILES string of the molecule is CC(=O)[I-]c1ccc(C)c(N)c1. The van der Waals surface area contributed by atoms with Crippen LogP contribution in [-0.2, 0) is 4.79 Å². The van der Waals surface area contributed by atoms with Crippen LogP contribution in [0.3, 0.4) is 0 Å². The van der Waals surface area contributed by atoms with Crippen molar-refractivity contribution < 1.29 is 26.0 Å². The molecule has 0 amide bonds. The van der Waals surface area contributed by atoms with Gasteiger partial charge in [0.1, 0.15) is 0 Å². The molecule has 1 rings (SSSR count). The fourth-order valence-corrected chi connectivity index (χ4v) is 2.55. The minimum absolute atomic E-state index is 0.275. The molecule has 12 heavy (non-hydrogen) atoms. The molecule has 0 atom stereocenters. The van der Waals surface area contributed by atoms with Crippen molar-refractivity contribution in [3.05, 3.63) is 27.3 Å². The van der Waals surface area contributed by atoms with Crippen LogP contribution >= 0.6 is 0 Å². The van der Waals surface area contributed by atoms with Gasteiger partial charge in [-0.1, -0.05) is 0 Å². The van der Waals surface area contributed by atoms with E-state index in [1.54, 1.807) is 6.92 Å². The van der Waals surface area contributed by atoms with Gasteiger partial charge in [-0.25, -0.2) is 0 Å². The summed E-state index contributed by atoms with van der Waals surface area (Å²) in [6.45, 7) is 3.59. The number of carbonyl (C=O) groups is 1. The standard InChI is InChI=1S/C9H11INO/c1-6-3-4-8(5-9(6)11)10-7(2)12/h3-5H,11H2,1-2H3/q-1. The van der Waals surface area contributed by atoms with Gasteiger partial charge in [0.2, 0.25) is 0 Å². The predicted octanol–water partition coefficient (Wildman–Crippen LogP) is -1.62. The van der Waals surface area contributed by atoms with E-state index >= 15 is 0 Å². The van der Waals surface area contributed by atoms with Gasteiger partial charge in [0.25, 0.3) is 0 Å². The second-order valence-electron chi connectivity index (χ2n) is 2.57. The third-order valence-electron chi connectivity index (χ3n) is 1.48. The van der Waals surface area contributed by atoms with E-state index in [2.05, 4.69) is 0 Å². The van der Waals surface area contributed by atoms with E-state index in [-0.39, 0.29) is 3.79 Å². The number of nitrogens with two attached hydrogens (primary N) is 1. The van der Waals surface area contributed by atoms with E-state index in [0.29, 0.717) is 0 Å². The molecule has 66 valence electrons. The number of benzene rings is 1. The van der Waals surface area contributed by atoms with E-state index in [1.165, 1.54) is 0 Å². The number of nitrogen functional groups attached to an aromatic ring is 1. The second kappa shape index (κ2) is 3.89. The minimum atomic E-state index is -0.481. The van der Waals surface area contributed by atoms with Crippen molar-refractivity contribution in [1.82, 2.24) is 0 Å². The molecule has 0 aromatic heterocycles. The van der Waals surface area contributed by atoms with Crippen molar-refractivity contribution in [3.8, 4) is 0 Å². The summed E-state index contributed by atoms with van der Waals surface area (Å²) in [6.07, 6.45) is 0. The van der Waals surface area contributed by atoms with Gasteiger partial charge in [0.05, 0.1) is 0 Å². The molecule has 0 bridgehead atoms. The number of halogens is 1. The third-order valence-corrected chi connectivity index (χ3v) is 3.54. The van der Waals surface area contributed by atoms with Gasteiger partial charge < -0.3 is 0 Å². The van der Waals surface area contributed by atoms with Crippen LogP contribution in [-0.4, -0.2) is 3.79 Å². The van der Waals surface area contributed by atoms with E-state index < -0.39 is 21.2 Å². The fourth-order valence-electron chi connectivity index (χ4n) is 0.824. The summed E-state index contributed by atoms with van der Waals surface area (Å²) < 4.78 is 1.38. The maximum atomic E-state index is 10.8. The van der Waals surface area contributed by atoms with Crippen LogP contribution in [0.15, 0.2) is 18.2 Å². The quantitative estimate of drug-likeness (QED) is 0.401. The Morgan fingerprint density at radius 3 is 2.67 bits per heavy atom. The van der Waals surface area contributed by atoms with Crippen LogP contribution in [0.2, 0.25) is 0 Å². The van der Waals surface area contributed by atoms with Crippen molar-refractivity contribution in [2.45, 2.75) is 13.8 Å². The summed E-state index contributed by atoms with van der Waals surface area (Å²) in [5.74, 6) is 0. The zero-order valence-electron chi connectivity index (χ0n) is 7.10. The predicted molar refractivity (Wildman–Crippen MR) is 45.0 cm³/mol. The molecule has 0 aliphatic carbocycles. The summed E-state index contributed by atoms with van der Waals surface area (Å²) in [5.41, 5.74) is 7.56. The van der Waals surface area contributed by atoms with Crippen molar-refractivity contribution in [2.75, 3.05) is 5.73 Å². The molecule has 0 fully saturated rings. The first-order chi connectivity index (χ1) is 5.59. The molecule has 0 saturated heterocycles. The molecule has 0 unspecified atom stereocenters. The molecule has 1 aromatic rings. The van der Waals surface area contributed by atoms with Gasteiger partial charge in [-0.05, 0) is 0 Å². The van der Waals surface area contributed by atoms with Crippen LogP contribution < -0.4 is 26.9 Å². The Bertz CT molecular complexity index is 309. The van der Waals surface area contributed by atoms with E-state index in [4.69, 9.17) is 5.73 Å². The first-order valence-electron chi connectivity index (χ1n) is 3.61. The van der Waals surface area contributed by atoms with Crippen LogP contribution in [0.1, 0.15) is 12.5 Å². The summed E-state index contributed by atoms with van der Waals surface area (Å²) in [4.78, 5) is 10.8. The topological polar surface area (TPSA) is 43.1 Å². The number of aryl methyl sites for hydroxylation is 1. The Morgan fingerprint density at radius 2 is 2.17 bits per heavy atom. The Hall–Kier alpha value is -0.580. The summed E-state index contributed by atoms with van der Waals surface area (Å²) in [6, 6.07) is 5.86. The van der Waals surface area contributed by atoms with Gasteiger partial charge in [-0.3, -0.25) is 0 Å². The van der Waals surface area contributed by atoms with E-state index in [0.717, 1.165) is 14.8 Å². The maximum absolute atomic E-state index is 10.8. The molecule has 2 N–H and O–H groups in total. The van der Waals surface area contributed by atoms with E-state index in [1.807, 2.05) is 25.1 Å². The number of anilines is 1. The molecule has 0 heterocycles. The first-order valence-corrected chi connectivity index (χ1v) is 5.77. The molecule has 3 heteroatoms. The summed E-state index contributed by atoms with van der Waals surface area (Å²) in [7, 11) is 0. The third kappa shape index (κ3) is 2.48. The van der Waals surface area contributed by atoms with Crippen LogP contribution in [0.4, 0.5) is 5.69 Å². The Balaban J connectivity index is 2.89. The zero-order chi connectivity index (χ0) is 9.14. The Labute approximate surface area is 82.4 Å². The zero-order valence-corrected chi connectivity index (χ0v) is 9.25. The molecule has 0 aliphatic heterocycles. The summed E-state index contributed by atoms with van der Waals surface area (Å²) in [5, 5.41) is 0. The fraction of sp³-hybridized carbons (Fsp3) is 0.222. The molecular weight excluding hydrogens is 265 g/mol. The second-order valence-corrected chi connectivity index (χ2v) is 5.87. The van der Waals surface area contributed by atoms with Crippen molar-refractivity contribution in [3.63, 3.8) is 0 Å². The number of hydrogen-bond acceptors (Lipinski definition) is 2. The molecular formula is C9H11INO-. The van der Waals surface area contributed by atoms with Gasteiger partial charge in [-0.15, -0.1) is 0 Å². The molecule has 0 saturated carbocycles.